The predicted octanol–water partition coefficient (Wildman–Crippen LogP) is 1.61. The summed E-state index contributed by atoms with van der Waals surface area (Å²) in [5, 5.41) is 0. The second-order valence-corrected chi connectivity index (χ2v) is 7.33. The molecule has 0 amide bonds. The monoisotopic (exact) mass is 238 g/mol. The summed E-state index contributed by atoms with van der Waals surface area (Å²) in [7, 11) is 5.24. The van der Waals surface area contributed by atoms with Crippen LogP contribution in [0.1, 0.15) is 0 Å². The van der Waals surface area contributed by atoms with Crippen LogP contribution in [0, 0.1) is 0 Å². The van der Waals surface area contributed by atoms with E-state index >= 15 is 0 Å². The van der Waals surface area contributed by atoms with Crippen molar-refractivity contribution in [2.24, 2.45) is 0 Å². The van der Waals surface area contributed by atoms with Crippen molar-refractivity contribution >= 4 is 52.1 Å². The Bertz CT molecular complexity index is 20.9. The van der Waals surface area contributed by atoms with Crippen LogP contribution in [-0.4, -0.2) is 22.9 Å². The van der Waals surface area contributed by atoms with Crippen LogP contribution in [0.5, 0.6) is 0 Å². The van der Waals surface area contributed by atoms with Gasteiger partial charge in [-0.2, -0.15) is 0 Å². The Morgan fingerprint density at radius 1 is 1.40 bits per heavy atom. The topological polar surface area (TPSA) is 0 Å². The SMILES string of the molecule is [Cl][Sn][CH](Cl)Cl. The maximum absolute atomic E-state index is 5.24. The van der Waals surface area contributed by atoms with Gasteiger partial charge in [-0.25, -0.2) is 0 Å². The molecule has 0 aromatic carbocycles. The molecule has 0 saturated carbocycles. The number of alkyl halides is 2. The molecule has 0 N–H and O–H groups in total. The van der Waals surface area contributed by atoms with Gasteiger partial charge in [0.15, 0.2) is 0 Å². The summed E-state index contributed by atoms with van der Waals surface area (Å²) >= 11 is 9.48. The second kappa shape index (κ2) is 3.85. The number of rotatable bonds is 1. The van der Waals surface area contributed by atoms with Crippen molar-refractivity contribution in [3.63, 3.8) is 0 Å². The van der Waals surface area contributed by atoms with Crippen LogP contribution in [-0.2, 0) is 0 Å². The van der Waals surface area contributed by atoms with Crippen LogP contribution in [0.15, 0.2) is 0 Å². The zero-order chi connectivity index (χ0) is 4.28. The van der Waals surface area contributed by atoms with Crippen LogP contribution in [0.4, 0.5) is 0 Å². The van der Waals surface area contributed by atoms with Crippen molar-refractivity contribution in [3.05, 3.63) is 0 Å². The Balaban J connectivity index is 2.54. The molecule has 4 heteroatoms. The molecular formula is CHCl3Sn. The van der Waals surface area contributed by atoms with Crippen molar-refractivity contribution in [1.82, 2.24) is 0 Å². The van der Waals surface area contributed by atoms with Crippen LogP contribution < -0.4 is 0 Å². The summed E-state index contributed by atoms with van der Waals surface area (Å²) in [5.74, 6) is 0. The van der Waals surface area contributed by atoms with Crippen molar-refractivity contribution in [2.75, 3.05) is 0 Å². The van der Waals surface area contributed by atoms with E-state index in [9.17, 15) is 0 Å². The first kappa shape index (κ1) is 6.67. The minimum atomic E-state index is -0.862. The van der Waals surface area contributed by atoms with Gasteiger partial charge in [0.25, 0.3) is 0 Å². The first-order valence-corrected chi connectivity index (χ1v) is 7.05. The standard InChI is InChI=1S/CHCl2.ClH.Sn/c2-1-3;;/h1H;1H;/q;;+1/p-1. The normalized spacial score (nSPS) is 9.60. The molecule has 0 nitrogen and oxygen atoms in total. The Morgan fingerprint density at radius 3 is 1.60 bits per heavy atom. The molecule has 2 radical (unpaired) electrons. The molecule has 0 atom stereocenters. The van der Waals surface area contributed by atoms with Gasteiger partial charge in [0.2, 0.25) is 0 Å². The van der Waals surface area contributed by atoms with Gasteiger partial charge in [-0.05, 0) is 0 Å². The summed E-state index contributed by atoms with van der Waals surface area (Å²) in [6.45, 7) is 0. The van der Waals surface area contributed by atoms with Gasteiger partial charge < -0.3 is 0 Å². The second-order valence-electron chi connectivity index (χ2n) is 0.410. The van der Waals surface area contributed by atoms with Gasteiger partial charge in [0.05, 0.1) is 0 Å². The Labute approximate surface area is 54.7 Å². The van der Waals surface area contributed by atoms with E-state index in [0.717, 1.165) is 0 Å². The third-order valence-electron chi connectivity index (χ3n) is 0.0825. The molecule has 0 spiro atoms. The Morgan fingerprint density at radius 2 is 1.60 bits per heavy atom. The minimum absolute atomic E-state index is 0.236. The van der Waals surface area contributed by atoms with E-state index in [1.807, 2.05) is 0 Å². The van der Waals surface area contributed by atoms with Crippen LogP contribution in [0.3, 0.4) is 0 Å². The van der Waals surface area contributed by atoms with E-state index in [4.69, 9.17) is 32.1 Å². The predicted molar refractivity (Wildman–Crippen MR) is 27.1 cm³/mol. The maximum atomic E-state index is 5.24. The molecule has 0 aliphatic rings. The van der Waals surface area contributed by atoms with Gasteiger partial charge in [-0.1, -0.05) is 0 Å². The molecule has 0 fully saturated rings. The van der Waals surface area contributed by atoms with Crippen molar-refractivity contribution < 1.29 is 0 Å². The third kappa shape index (κ3) is 5.67. The third-order valence-corrected chi connectivity index (χ3v) is 4.98. The number of halogens is 3. The van der Waals surface area contributed by atoms with Crippen molar-refractivity contribution in [1.29, 1.82) is 0 Å². The quantitative estimate of drug-likeness (QED) is 0.481. The summed E-state index contributed by atoms with van der Waals surface area (Å²) < 4.78 is -0.236. The molecule has 5 heavy (non-hydrogen) atoms. The fourth-order valence-electron chi connectivity index (χ4n) is 0. The molecule has 0 bridgehead atoms. The van der Waals surface area contributed by atoms with E-state index < -0.39 is 20.0 Å². The average molecular weight is 238 g/mol. The van der Waals surface area contributed by atoms with Gasteiger partial charge in [-0.3, -0.25) is 0 Å². The van der Waals surface area contributed by atoms with Crippen LogP contribution in [0.25, 0.3) is 0 Å². The zero-order valence-electron chi connectivity index (χ0n) is 2.21. The summed E-state index contributed by atoms with van der Waals surface area (Å²) in [6, 6.07) is 0. The summed E-state index contributed by atoms with van der Waals surface area (Å²) in [4.78, 5) is 0. The van der Waals surface area contributed by atoms with E-state index in [0.29, 0.717) is 0 Å². The molecule has 0 rings (SSSR count). The summed E-state index contributed by atoms with van der Waals surface area (Å²) in [6.07, 6.45) is 0. The fraction of sp³-hybridized carbons (Fsp3) is 1.00. The molecule has 30 valence electrons. The summed E-state index contributed by atoms with van der Waals surface area (Å²) in [5.41, 5.74) is 0. The first-order valence-electron chi connectivity index (χ1n) is 0.914. The first-order chi connectivity index (χ1) is 2.27. The Hall–Kier alpha value is 1.67. The van der Waals surface area contributed by atoms with Gasteiger partial charge in [-0.15, -0.1) is 0 Å². The van der Waals surface area contributed by atoms with Crippen molar-refractivity contribution in [3.8, 4) is 0 Å². The van der Waals surface area contributed by atoms with E-state index in [-0.39, 0.29) is 2.85 Å². The van der Waals surface area contributed by atoms with Gasteiger partial charge in [0, 0.05) is 0 Å². The zero-order valence-corrected chi connectivity index (χ0v) is 7.33. The number of hydrogen-bond donors (Lipinski definition) is 0. The van der Waals surface area contributed by atoms with Crippen LogP contribution in [0.2, 0.25) is 0 Å². The molecule has 0 aliphatic heterocycles. The molecule has 0 saturated heterocycles. The Kier molecular flexibility index (Phi) is 5.13. The van der Waals surface area contributed by atoms with E-state index in [2.05, 4.69) is 0 Å². The van der Waals surface area contributed by atoms with E-state index in [1.165, 1.54) is 0 Å². The molecule has 0 heterocycles. The number of hydrogen-bond acceptors (Lipinski definition) is 0. The average Bonchev–Trinajstić information content (AvgIpc) is 1.38. The molecule has 0 aromatic heterocycles. The van der Waals surface area contributed by atoms with Gasteiger partial charge in [0.1, 0.15) is 0 Å². The van der Waals surface area contributed by atoms with Crippen LogP contribution >= 0.6 is 32.1 Å². The molecule has 0 unspecified atom stereocenters. The van der Waals surface area contributed by atoms with Gasteiger partial charge >= 0.3 is 55.0 Å². The molecular weight excluding hydrogens is 237 g/mol. The fourth-order valence-corrected chi connectivity index (χ4v) is 0. The van der Waals surface area contributed by atoms with Crippen molar-refractivity contribution in [2.45, 2.75) is 2.85 Å². The molecule has 0 aliphatic carbocycles. The van der Waals surface area contributed by atoms with E-state index in [1.54, 1.807) is 0 Å². The molecule has 0 aromatic rings.